The predicted octanol–water partition coefficient (Wildman–Crippen LogP) is 3.61. The lowest BCUT2D eigenvalue weighted by Crippen LogP contribution is -2.30. The molecule has 5 nitrogen and oxygen atoms in total. The standard InChI is InChI=1S/C16H17FN4OS/c1-8-15(23-10(3)20-8)9(2)21(4)16(22)12-5-11(17)6-13-14(12)19-7-18-13/h5-7,9H,1-4H3,(H,18,19). The Balaban J connectivity index is 1.98. The molecular weight excluding hydrogens is 315 g/mol. The van der Waals surface area contributed by atoms with Gasteiger partial charge in [0.05, 0.1) is 34.2 Å². The molecule has 0 saturated carbocycles. The van der Waals surface area contributed by atoms with Gasteiger partial charge >= 0.3 is 0 Å². The molecule has 0 aliphatic carbocycles. The average Bonchev–Trinajstić information content (AvgIpc) is 3.09. The Bertz CT molecular complexity index is 885. The van der Waals surface area contributed by atoms with Crippen LogP contribution in [0.3, 0.4) is 0 Å². The Morgan fingerprint density at radius 3 is 2.78 bits per heavy atom. The second-order valence-corrected chi connectivity index (χ2v) is 6.76. The van der Waals surface area contributed by atoms with Crippen molar-refractivity contribution < 1.29 is 9.18 Å². The molecule has 120 valence electrons. The Labute approximate surface area is 137 Å². The SMILES string of the molecule is Cc1nc(C)c(C(C)N(C)C(=O)c2cc(F)cc3[nH]cnc23)s1. The number of hydrogen-bond acceptors (Lipinski definition) is 4. The number of aryl methyl sites for hydroxylation is 2. The molecule has 23 heavy (non-hydrogen) atoms. The van der Waals surface area contributed by atoms with Crippen molar-refractivity contribution in [3.05, 3.63) is 45.4 Å². The number of thiazole rings is 1. The molecule has 1 unspecified atom stereocenters. The van der Waals surface area contributed by atoms with Crippen molar-refractivity contribution in [2.24, 2.45) is 0 Å². The van der Waals surface area contributed by atoms with Crippen LogP contribution >= 0.6 is 11.3 Å². The topological polar surface area (TPSA) is 61.9 Å². The van der Waals surface area contributed by atoms with Crippen molar-refractivity contribution in [1.82, 2.24) is 19.9 Å². The van der Waals surface area contributed by atoms with Crippen LogP contribution in [0.15, 0.2) is 18.5 Å². The molecule has 1 amide bonds. The van der Waals surface area contributed by atoms with Crippen LogP contribution in [0.25, 0.3) is 11.0 Å². The van der Waals surface area contributed by atoms with Gasteiger partial charge in [0.1, 0.15) is 11.3 Å². The second-order valence-electron chi connectivity index (χ2n) is 5.53. The van der Waals surface area contributed by atoms with E-state index in [-0.39, 0.29) is 17.5 Å². The van der Waals surface area contributed by atoms with Crippen LogP contribution in [0.4, 0.5) is 4.39 Å². The molecule has 0 spiro atoms. The molecule has 3 rings (SSSR count). The van der Waals surface area contributed by atoms with Gasteiger partial charge in [-0.15, -0.1) is 11.3 Å². The summed E-state index contributed by atoms with van der Waals surface area (Å²) in [6.07, 6.45) is 1.46. The first-order valence-electron chi connectivity index (χ1n) is 7.22. The third-order valence-corrected chi connectivity index (χ3v) is 5.18. The molecular formula is C16H17FN4OS. The van der Waals surface area contributed by atoms with Gasteiger partial charge in [-0.1, -0.05) is 0 Å². The molecule has 2 aromatic heterocycles. The normalized spacial score (nSPS) is 12.6. The number of aromatic nitrogens is 3. The quantitative estimate of drug-likeness (QED) is 0.797. The monoisotopic (exact) mass is 332 g/mol. The number of halogens is 1. The number of benzene rings is 1. The fraction of sp³-hybridized carbons (Fsp3) is 0.312. The van der Waals surface area contributed by atoms with E-state index in [0.29, 0.717) is 11.0 Å². The number of fused-ring (bicyclic) bond motifs is 1. The summed E-state index contributed by atoms with van der Waals surface area (Å²) >= 11 is 1.57. The maximum atomic E-state index is 13.8. The van der Waals surface area contributed by atoms with E-state index in [0.717, 1.165) is 15.6 Å². The lowest BCUT2D eigenvalue weighted by molar-refractivity contribution is 0.0746. The van der Waals surface area contributed by atoms with Crippen LogP contribution in [-0.4, -0.2) is 32.8 Å². The van der Waals surface area contributed by atoms with Crippen LogP contribution in [0.5, 0.6) is 0 Å². The van der Waals surface area contributed by atoms with Crippen molar-refractivity contribution in [1.29, 1.82) is 0 Å². The number of nitrogens with one attached hydrogen (secondary N) is 1. The van der Waals surface area contributed by atoms with Crippen molar-refractivity contribution in [3.8, 4) is 0 Å². The number of imidazole rings is 1. The maximum Gasteiger partial charge on any atom is 0.256 e. The Morgan fingerprint density at radius 1 is 1.39 bits per heavy atom. The molecule has 0 aliphatic rings. The van der Waals surface area contributed by atoms with E-state index in [1.807, 2.05) is 20.8 Å². The summed E-state index contributed by atoms with van der Waals surface area (Å²) in [6.45, 7) is 5.82. The summed E-state index contributed by atoms with van der Waals surface area (Å²) in [6, 6.07) is 2.42. The first kappa shape index (κ1) is 15.6. The summed E-state index contributed by atoms with van der Waals surface area (Å²) in [4.78, 5) is 26.8. The summed E-state index contributed by atoms with van der Waals surface area (Å²) in [7, 11) is 1.71. The number of nitrogens with zero attached hydrogens (tertiary/aromatic N) is 3. The molecule has 0 fully saturated rings. The summed E-state index contributed by atoms with van der Waals surface area (Å²) in [5.74, 6) is -0.726. The van der Waals surface area contributed by atoms with Crippen molar-refractivity contribution in [2.75, 3.05) is 7.05 Å². The smallest absolute Gasteiger partial charge is 0.256 e. The van der Waals surface area contributed by atoms with Gasteiger partial charge in [-0.25, -0.2) is 14.4 Å². The Kier molecular flexibility index (Phi) is 3.89. The summed E-state index contributed by atoms with van der Waals surface area (Å²) in [5.41, 5.74) is 2.17. The van der Waals surface area contributed by atoms with Crippen LogP contribution in [-0.2, 0) is 0 Å². The Morgan fingerprint density at radius 2 is 2.13 bits per heavy atom. The summed E-state index contributed by atoms with van der Waals surface area (Å²) in [5, 5.41) is 0.964. The van der Waals surface area contributed by atoms with Gasteiger partial charge in [-0.2, -0.15) is 0 Å². The molecule has 3 aromatic rings. The van der Waals surface area contributed by atoms with Gasteiger partial charge < -0.3 is 9.88 Å². The highest BCUT2D eigenvalue weighted by molar-refractivity contribution is 7.11. The lowest BCUT2D eigenvalue weighted by atomic mass is 10.1. The highest BCUT2D eigenvalue weighted by atomic mass is 32.1. The number of H-pyrrole nitrogens is 1. The fourth-order valence-corrected chi connectivity index (χ4v) is 3.68. The van der Waals surface area contributed by atoms with E-state index in [4.69, 9.17) is 0 Å². The molecule has 1 N–H and O–H groups in total. The molecule has 0 radical (unpaired) electrons. The molecule has 2 heterocycles. The number of amides is 1. The fourth-order valence-electron chi connectivity index (χ4n) is 2.65. The van der Waals surface area contributed by atoms with E-state index in [1.54, 1.807) is 23.3 Å². The largest absolute Gasteiger partial charge is 0.344 e. The van der Waals surface area contributed by atoms with Crippen molar-refractivity contribution >= 4 is 28.3 Å². The van der Waals surface area contributed by atoms with Crippen molar-refractivity contribution in [2.45, 2.75) is 26.8 Å². The highest BCUT2D eigenvalue weighted by Crippen LogP contribution is 2.30. The Hall–Kier alpha value is -2.28. The van der Waals surface area contributed by atoms with Crippen molar-refractivity contribution in [3.63, 3.8) is 0 Å². The van der Waals surface area contributed by atoms with Gasteiger partial charge in [0.2, 0.25) is 0 Å². The molecule has 0 saturated heterocycles. The highest BCUT2D eigenvalue weighted by Gasteiger charge is 2.24. The first-order chi connectivity index (χ1) is 10.9. The number of rotatable bonds is 3. The zero-order valence-corrected chi connectivity index (χ0v) is 14.2. The van der Waals surface area contributed by atoms with Crippen LogP contribution in [0, 0.1) is 19.7 Å². The summed E-state index contributed by atoms with van der Waals surface area (Å²) < 4.78 is 13.8. The minimum atomic E-state index is -0.462. The zero-order valence-electron chi connectivity index (χ0n) is 13.3. The number of carbonyl (C=O) groups excluding carboxylic acids is 1. The molecule has 1 atom stereocenters. The third-order valence-electron chi connectivity index (χ3n) is 3.94. The number of hydrogen-bond donors (Lipinski definition) is 1. The third kappa shape index (κ3) is 2.72. The van der Waals surface area contributed by atoms with E-state index in [1.165, 1.54) is 18.5 Å². The second kappa shape index (κ2) is 5.73. The van der Waals surface area contributed by atoms with Gasteiger partial charge in [0.25, 0.3) is 5.91 Å². The van der Waals surface area contributed by atoms with E-state index < -0.39 is 5.82 Å². The first-order valence-corrected chi connectivity index (χ1v) is 8.04. The van der Waals surface area contributed by atoms with Gasteiger partial charge in [-0.3, -0.25) is 4.79 Å². The van der Waals surface area contributed by atoms with E-state index >= 15 is 0 Å². The van der Waals surface area contributed by atoms with E-state index in [9.17, 15) is 9.18 Å². The van der Waals surface area contributed by atoms with Gasteiger partial charge in [0, 0.05) is 11.9 Å². The molecule has 0 bridgehead atoms. The zero-order chi connectivity index (χ0) is 16.7. The van der Waals surface area contributed by atoms with Gasteiger partial charge in [0.15, 0.2) is 0 Å². The number of carbonyl (C=O) groups is 1. The average molecular weight is 332 g/mol. The lowest BCUT2D eigenvalue weighted by Gasteiger charge is -2.24. The van der Waals surface area contributed by atoms with Crippen LogP contribution in [0.2, 0.25) is 0 Å². The van der Waals surface area contributed by atoms with Crippen LogP contribution < -0.4 is 0 Å². The predicted molar refractivity (Wildman–Crippen MR) is 88.1 cm³/mol. The van der Waals surface area contributed by atoms with E-state index in [2.05, 4.69) is 15.0 Å². The number of aromatic amines is 1. The minimum Gasteiger partial charge on any atom is -0.344 e. The molecule has 7 heteroatoms. The molecule has 1 aromatic carbocycles. The molecule has 0 aliphatic heterocycles. The van der Waals surface area contributed by atoms with Gasteiger partial charge in [-0.05, 0) is 32.9 Å². The maximum absolute atomic E-state index is 13.8. The van der Waals surface area contributed by atoms with Crippen LogP contribution in [0.1, 0.15) is 38.9 Å². The minimum absolute atomic E-state index is 0.147.